The Bertz CT molecular complexity index is 1590. The predicted molar refractivity (Wildman–Crippen MR) is 149 cm³/mol. The lowest BCUT2D eigenvalue weighted by atomic mass is 9.89. The van der Waals surface area contributed by atoms with Gasteiger partial charge in [-0.25, -0.2) is 0 Å². The number of benzene rings is 4. The highest BCUT2D eigenvalue weighted by molar-refractivity contribution is 5.87. The summed E-state index contributed by atoms with van der Waals surface area (Å²) in [6.07, 6.45) is 0. The van der Waals surface area contributed by atoms with Crippen LogP contribution in [0.1, 0.15) is 29.5 Å². The first-order valence-corrected chi connectivity index (χ1v) is 12.9. The maximum Gasteiger partial charge on any atom is 0.306 e. The van der Waals surface area contributed by atoms with Gasteiger partial charge in [0, 0.05) is 40.7 Å². The summed E-state index contributed by atoms with van der Waals surface area (Å²) in [5, 5.41) is 10.6. The van der Waals surface area contributed by atoms with Crippen molar-refractivity contribution in [3.05, 3.63) is 120 Å². The predicted octanol–water partition coefficient (Wildman–Crippen LogP) is 7.13. The Labute approximate surface area is 221 Å². The summed E-state index contributed by atoms with van der Waals surface area (Å²) in [7, 11) is 0. The molecule has 2 atom stereocenters. The second kappa shape index (κ2) is 10.1. The smallest absolute Gasteiger partial charge is 0.306 e. The van der Waals surface area contributed by atoms with E-state index in [1.54, 1.807) is 6.92 Å². The third-order valence-corrected chi connectivity index (χ3v) is 7.45. The maximum atomic E-state index is 11.4. The van der Waals surface area contributed by atoms with Gasteiger partial charge in [-0.15, -0.1) is 0 Å². The van der Waals surface area contributed by atoms with Gasteiger partial charge in [0.15, 0.2) is 0 Å². The molecule has 1 aliphatic rings. The average Bonchev–Trinajstić information content (AvgIpc) is 3.54. The molecule has 6 rings (SSSR count). The lowest BCUT2D eigenvalue weighted by Gasteiger charge is -2.14. The van der Waals surface area contributed by atoms with Gasteiger partial charge in [-0.2, -0.15) is 0 Å². The first-order valence-electron chi connectivity index (χ1n) is 12.9. The van der Waals surface area contributed by atoms with Crippen molar-refractivity contribution in [1.82, 2.24) is 4.57 Å². The molecule has 0 radical (unpaired) electrons. The number of carboxylic acid groups (broad SMARTS) is 1. The quantitative estimate of drug-likeness (QED) is 0.245. The monoisotopic (exact) mass is 503 g/mol. The fourth-order valence-corrected chi connectivity index (χ4v) is 5.21. The van der Waals surface area contributed by atoms with Gasteiger partial charge >= 0.3 is 5.97 Å². The number of rotatable bonds is 8. The van der Waals surface area contributed by atoms with Crippen molar-refractivity contribution in [1.29, 1.82) is 0 Å². The number of para-hydroxylation sites is 1. The first kappa shape index (κ1) is 23.9. The Morgan fingerprint density at radius 3 is 2.47 bits per heavy atom. The minimum absolute atomic E-state index is 0.135. The van der Waals surface area contributed by atoms with E-state index in [1.807, 2.05) is 24.3 Å². The second-order valence-corrected chi connectivity index (χ2v) is 9.89. The molecule has 1 aromatic heterocycles. The number of aliphatic carboxylic acids is 1. The van der Waals surface area contributed by atoms with E-state index in [2.05, 4.69) is 83.4 Å². The first-order chi connectivity index (χ1) is 18.6. The Morgan fingerprint density at radius 1 is 0.947 bits per heavy atom. The Balaban J connectivity index is 1.16. The molecule has 0 spiro atoms. The molecule has 0 fully saturated rings. The summed E-state index contributed by atoms with van der Waals surface area (Å²) < 4.78 is 14.2. The summed E-state index contributed by atoms with van der Waals surface area (Å²) in [5.41, 5.74) is 6.86. The molecule has 2 unspecified atom stereocenters. The normalized spacial score (nSPS) is 15.1. The van der Waals surface area contributed by atoms with Crippen LogP contribution in [0.3, 0.4) is 0 Å². The molecule has 0 saturated carbocycles. The number of carbonyl (C=O) groups is 1. The van der Waals surface area contributed by atoms with E-state index in [0.717, 1.165) is 17.7 Å². The van der Waals surface area contributed by atoms with E-state index in [0.29, 0.717) is 24.7 Å². The van der Waals surface area contributed by atoms with Gasteiger partial charge in [-0.05, 0) is 34.9 Å². The molecule has 0 saturated heterocycles. The molecule has 4 aromatic carbocycles. The summed E-state index contributed by atoms with van der Waals surface area (Å²) >= 11 is 0. The van der Waals surface area contributed by atoms with Crippen LogP contribution in [0.2, 0.25) is 0 Å². The molecule has 5 aromatic rings. The molecular formula is C33H29NO4. The molecule has 0 bridgehead atoms. The standard InChI is InChI=1S/C33H29NO4/c1-22(33(35)36)29-21-38-32-18-27(15-16-28(29)32)37-20-24-13-11-23(12-14-24)19-34-30-10-6-5-9-26(30)17-31(34)25-7-3-2-4-8-25/h2-18,22,29H,19-21H2,1H3,(H,35,36). The van der Waals surface area contributed by atoms with Gasteiger partial charge in [-0.1, -0.05) is 85.8 Å². The topological polar surface area (TPSA) is 60.7 Å². The van der Waals surface area contributed by atoms with Gasteiger partial charge in [0.2, 0.25) is 0 Å². The van der Waals surface area contributed by atoms with E-state index >= 15 is 0 Å². The van der Waals surface area contributed by atoms with E-state index in [1.165, 1.54) is 27.7 Å². The summed E-state index contributed by atoms with van der Waals surface area (Å²) in [6.45, 7) is 3.32. The molecule has 0 amide bonds. The lowest BCUT2D eigenvalue weighted by molar-refractivity contribution is -0.142. The van der Waals surface area contributed by atoms with Gasteiger partial charge in [0.05, 0.1) is 12.5 Å². The fourth-order valence-electron chi connectivity index (χ4n) is 5.21. The zero-order valence-electron chi connectivity index (χ0n) is 21.2. The van der Waals surface area contributed by atoms with Crippen LogP contribution < -0.4 is 9.47 Å². The van der Waals surface area contributed by atoms with Crippen molar-refractivity contribution < 1.29 is 19.4 Å². The molecule has 190 valence electrons. The Hall–Kier alpha value is -4.51. The van der Waals surface area contributed by atoms with Crippen LogP contribution in [0.4, 0.5) is 0 Å². The van der Waals surface area contributed by atoms with Crippen molar-refractivity contribution in [3.8, 4) is 22.8 Å². The van der Waals surface area contributed by atoms with E-state index in [9.17, 15) is 9.90 Å². The van der Waals surface area contributed by atoms with Gasteiger partial charge in [-0.3, -0.25) is 4.79 Å². The van der Waals surface area contributed by atoms with Crippen molar-refractivity contribution in [2.75, 3.05) is 6.61 Å². The molecule has 2 heterocycles. The zero-order chi connectivity index (χ0) is 26.1. The number of aromatic nitrogens is 1. The lowest BCUT2D eigenvalue weighted by Crippen LogP contribution is -2.19. The molecule has 5 nitrogen and oxygen atoms in total. The van der Waals surface area contributed by atoms with Crippen LogP contribution in [0.25, 0.3) is 22.2 Å². The minimum Gasteiger partial charge on any atom is -0.492 e. The second-order valence-electron chi connectivity index (χ2n) is 9.89. The number of hydrogen-bond donors (Lipinski definition) is 1. The van der Waals surface area contributed by atoms with Gasteiger partial charge in [0.1, 0.15) is 18.1 Å². The maximum absolute atomic E-state index is 11.4. The van der Waals surface area contributed by atoms with Gasteiger partial charge in [0.25, 0.3) is 0 Å². The van der Waals surface area contributed by atoms with Gasteiger partial charge < -0.3 is 19.1 Å². The number of carboxylic acids is 1. The average molecular weight is 504 g/mol. The van der Waals surface area contributed by atoms with E-state index < -0.39 is 11.9 Å². The number of nitrogens with zero attached hydrogens (tertiary/aromatic N) is 1. The zero-order valence-corrected chi connectivity index (χ0v) is 21.2. The van der Waals surface area contributed by atoms with Crippen LogP contribution in [-0.2, 0) is 17.9 Å². The van der Waals surface area contributed by atoms with E-state index in [4.69, 9.17) is 9.47 Å². The SMILES string of the molecule is CC(C(=O)O)C1COc2cc(OCc3ccc(Cn4c(-c5ccccc5)cc5ccccc54)cc3)ccc21. The Morgan fingerprint density at radius 2 is 1.68 bits per heavy atom. The van der Waals surface area contributed by atoms with Crippen LogP contribution >= 0.6 is 0 Å². The van der Waals surface area contributed by atoms with Crippen LogP contribution in [-0.4, -0.2) is 22.2 Å². The highest BCUT2D eigenvalue weighted by atomic mass is 16.5. The van der Waals surface area contributed by atoms with Crippen molar-refractivity contribution in [2.24, 2.45) is 5.92 Å². The van der Waals surface area contributed by atoms with Crippen LogP contribution in [0.5, 0.6) is 11.5 Å². The molecule has 1 aliphatic heterocycles. The molecular weight excluding hydrogens is 474 g/mol. The van der Waals surface area contributed by atoms with Crippen LogP contribution in [0, 0.1) is 5.92 Å². The third kappa shape index (κ3) is 4.63. The molecule has 5 heteroatoms. The highest BCUT2D eigenvalue weighted by Crippen LogP contribution is 2.40. The largest absolute Gasteiger partial charge is 0.492 e. The fraction of sp³-hybridized carbons (Fsp3) is 0.182. The van der Waals surface area contributed by atoms with Crippen molar-refractivity contribution in [2.45, 2.75) is 26.0 Å². The van der Waals surface area contributed by atoms with Crippen molar-refractivity contribution in [3.63, 3.8) is 0 Å². The molecule has 1 N–H and O–H groups in total. The summed E-state index contributed by atoms with van der Waals surface area (Å²) in [6, 6.07) is 35.5. The molecule has 38 heavy (non-hydrogen) atoms. The van der Waals surface area contributed by atoms with Crippen molar-refractivity contribution >= 4 is 16.9 Å². The third-order valence-electron chi connectivity index (χ3n) is 7.45. The number of ether oxygens (including phenoxy) is 2. The Kier molecular flexibility index (Phi) is 6.34. The minimum atomic E-state index is -0.809. The van der Waals surface area contributed by atoms with E-state index in [-0.39, 0.29) is 5.92 Å². The molecule has 0 aliphatic carbocycles. The highest BCUT2D eigenvalue weighted by Gasteiger charge is 2.33. The van der Waals surface area contributed by atoms with Crippen LogP contribution in [0.15, 0.2) is 103 Å². The number of fused-ring (bicyclic) bond motifs is 2. The summed E-state index contributed by atoms with van der Waals surface area (Å²) in [4.78, 5) is 11.4. The number of hydrogen-bond acceptors (Lipinski definition) is 3. The summed E-state index contributed by atoms with van der Waals surface area (Å²) in [5.74, 6) is -0.0119.